The number of nitrogens with one attached hydrogen (secondary N) is 1. The molecule has 1 unspecified atom stereocenters. The summed E-state index contributed by atoms with van der Waals surface area (Å²) >= 11 is 0. The highest BCUT2D eigenvalue weighted by atomic mass is 16.5. The summed E-state index contributed by atoms with van der Waals surface area (Å²) < 4.78 is 10.8. The van der Waals surface area contributed by atoms with E-state index in [0.717, 1.165) is 11.8 Å². The molecular weight excluding hydrogens is 348 g/mol. The minimum Gasteiger partial charge on any atom is -0.502 e. The fraction of sp³-hybridized carbons (Fsp3) is 0.200. The predicted octanol–water partition coefficient (Wildman–Crippen LogP) is 2.75. The number of benzene rings is 1. The summed E-state index contributed by atoms with van der Waals surface area (Å²) in [5.41, 5.74) is 0.897. The lowest BCUT2D eigenvalue weighted by atomic mass is 10.0. The summed E-state index contributed by atoms with van der Waals surface area (Å²) in [6, 6.07) is 12.9. The van der Waals surface area contributed by atoms with E-state index in [1.54, 1.807) is 37.4 Å². The molecule has 140 valence electrons. The number of aromatic nitrogens is 1. The second kappa shape index (κ2) is 7.92. The van der Waals surface area contributed by atoms with Crippen LogP contribution < -0.4 is 15.5 Å². The van der Waals surface area contributed by atoms with Crippen molar-refractivity contribution in [1.82, 2.24) is 4.98 Å². The molecule has 0 spiro atoms. The Morgan fingerprint density at radius 1 is 1.22 bits per heavy atom. The molecule has 0 saturated heterocycles. The molecule has 7 nitrogen and oxygen atoms in total. The van der Waals surface area contributed by atoms with Gasteiger partial charge < -0.3 is 24.7 Å². The first kappa shape index (κ1) is 18.5. The van der Waals surface area contributed by atoms with Crippen LogP contribution in [0.15, 0.2) is 57.7 Å². The fourth-order valence-corrected chi connectivity index (χ4v) is 2.70. The van der Waals surface area contributed by atoms with Gasteiger partial charge >= 0.3 is 0 Å². The zero-order valence-corrected chi connectivity index (χ0v) is 15.0. The van der Waals surface area contributed by atoms with E-state index in [1.165, 1.54) is 0 Å². The number of anilines is 1. The number of aliphatic hydroxyl groups is 1. The van der Waals surface area contributed by atoms with Crippen molar-refractivity contribution in [1.29, 1.82) is 0 Å². The molecule has 0 radical (unpaired) electrons. The molecule has 0 fully saturated rings. The molecule has 2 heterocycles. The van der Waals surface area contributed by atoms with Crippen LogP contribution in [-0.4, -0.2) is 22.3 Å². The summed E-state index contributed by atoms with van der Waals surface area (Å²) in [7, 11) is 1.57. The van der Waals surface area contributed by atoms with E-state index in [0.29, 0.717) is 17.1 Å². The van der Waals surface area contributed by atoms with Crippen molar-refractivity contribution >= 4 is 5.82 Å². The smallest absolute Gasteiger partial charge is 0.227 e. The third-order valence-electron chi connectivity index (χ3n) is 4.05. The SMILES string of the molecule is COc1ccc(C(Nc2cccc(C)n2)c2oc(CO)cc(=O)c2O)cc1. The van der Waals surface area contributed by atoms with Gasteiger partial charge in [0.1, 0.15) is 30.0 Å². The second-order valence-corrected chi connectivity index (χ2v) is 5.96. The number of ether oxygens (including phenoxy) is 1. The zero-order chi connectivity index (χ0) is 19.4. The molecule has 0 aliphatic rings. The van der Waals surface area contributed by atoms with Gasteiger partial charge in [-0.1, -0.05) is 18.2 Å². The number of nitrogens with zero attached hydrogens (tertiary/aromatic N) is 1. The number of aliphatic hydroxyl groups excluding tert-OH is 1. The number of methoxy groups -OCH3 is 1. The fourth-order valence-electron chi connectivity index (χ4n) is 2.70. The summed E-state index contributed by atoms with van der Waals surface area (Å²) in [4.78, 5) is 16.5. The van der Waals surface area contributed by atoms with Crippen LogP contribution >= 0.6 is 0 Å². The molecular formula is C20H20N2O5. The summed E-state index contributed by atoms with van der Waals surface area (Å²) in [5, 5.41) is 22.9. The maximum Gasteiger partial charge on any atom is 0.227 e. The Hall–Kier alpha value is -3.32. The maximum absolute atomic E-state index is 12.1. The molecule has 0 aliphatic heterocycles. The van der Waals surface area contributed by atoms with Gasteiger partial charge in [0.2, 0.25) is 11.2 Å². The first-order valence-electron chi connectivity index (χ1n) is 8.32. The number of rotatable bonds is 6. The quantitative estimate of drug-likeness (QED) is 0.614. The van der Waals surface area contributed by atoms with Gasteiger partial charge in [0.15, 0.2) is 5.76 Å². The van der Waals surface area contributed by atoms with Gasteiger partial charge in [-0.05, 0) is 36.8 Å². The number of pyridine rings is 1. The summed E-state index contributed by atoms with van der Waals surface area (Å²) in [6.07, 6.45) is 0. The number of aromatic hydroxyl groups is 1. The minimum absolute atomic E-state index is 0.0000213. The van der Waals surface area contributed by atoms with Crippen LogP contribution in [-0.2, 0) is 6.61 Å². The molecule has 3 rings (SSSR count). The molecule has 0 bridgehead atoms. The lowest BCUT2D eigenvalue weighted by molar-refractivity contribution is 0.234. The van der Waals surface area contributed by atoms with Crippen LogP contribution in [0.4, 0.5) is 5.82 Å². The first-order chi connectivity index (χ1) is 13.0. The molecule has 3 aromatic rings. The van der Waals surface area contributed by atoms with E-state index < -0.39 is 23.8 Å². The Labute approximate surface area is 155 Å². The van der Waals surface area contributed by atoms with E-state index in [-0.39, 0.29) is 11.5 Å². The van der Waals surface area contributed by atoms with Crippen molar-refractivity contribution in [2.24, 2.45) is 0 Å². The lowest BCUT2D eigenvalue weighted by Gasteiger charge is -2.20. The van der Waals surface area contributed by atoms with E-state index in [1.807, 2.05) is 19.1 Å². The number of hydrogen-bond acceptors (Lipinski definition) is 7. The molecule has 3 N–H and O–H groups in total. The minimum atomic E-state index is -0.704. The van der Waals surface area contributed by atoms with Crippen molar-refractivity contribution in [3.05, 3.63) is 81.5 Å². The standard InChI is InChI=1S/C20H20N2O5/c1-12-4-3-5-17(21-12)22-18(13-6-8-14(26-2)9-7-13)20-19(25)16(24)10-15(11-23)27-20/h3-10,18,23,25H,11H2,1-2H3,(H,21,22). The predicted molar refractivity (Wildman–Crippen MR) is 100.0 cm³/mol. The molecule has 27 heavy (non-hydrogen) atoms. The number of aryl methyl sites for hydroxylation is 1. The summed E-state index contributed by atoms with van der Waals surface area (Å²) in [5.74, 6) is 0.756. The molecule has 7 heteroatoms. The highest BCUT2D eigenvalue weighted by molar-refractivity contribution is 5.46. The van der Waals surface area contributed by atoms with Crippen molar-refractivity contribution in [2.75, 3.05) is 12.4 Å². The number of hydrogen-bond donors (Lipinski definition) is 3. The largest absolute Gasteiger partial charge is 0.502 e. The molecule has 0 aliphatic carbocycles. The van der Waals surface area contributed by atoms with Crippen LogP contribution in [0, 0.1) is 6.92 Å². The Morgan fingerprint density at radius 2 is 1.96 bits per heavy atom. The monoisotopic (exact) mass is 368 g/mol. The van der Waals surface area contributed by atoms with E-state index in [2.05, 4.69) is 10.3 Å². The van der Waals surface area contributed by atoms with Crippen LogP contribution in [0.2, 0.25) is 0 Å². The van der Waals surface area contributed by atoms with E-state index in [4.69, 9.17) is 9.15 Å². The van der Waals surface area contributed by atoms with Gasteiger partial charge in [0.05, 0.1) is 7.11 Å². The third-order valence-corrected chi connectivity index (χ3v) is 4.05. The first-order valence-corrected chi connectivity index (χ1v) is 8.32. The van der Waals surface area contributed by atoms with Crippen molar-refractivity contribution < 1.29 is 19.4 Å². The average molecular weight is 368 g/mol. The normalized spacial score (nSPS) is 11.8. The van der Waals surface area contributed by atoms with Crippen LogP contribution in [0.1, 0.15) is 28.8 Å². The van der Waals surface area contributed by atoms with Gasteiger partial charge in [0.25, 0.3) is 0 Å². The maximum atomic E-state index is 12.1. The van der Waals surface area contributed by atoms with Gasteiger partial charge in [-0.25, -0.2) is 4.98 Å². The molecule has 0 amide bonds. The van der Waals surface area contributed by atoms with Gasteiger partial charge in [-0.2, -0.15) is 0 Å². The molecule has 2 aromatic heterocycles. The molecule has 1 atom stereocenters. The Bertz CT molecular complexity index is 982. The van der Waals surface area contributed by atoms with Crippen molar-refractivity contribution in [3.8, 4) is 11.5 Å². The second-order valence-electron chi connectivity index (χ2n) is 5.96. The van der Waals surface area contributed by atoms with Crippen molar-refractivity contribution in [3.63, 3.8) is 0 Å². The Balaban J connectivity index is 2.12. The van der Waals surface area contributed by atoms with Crippen LogP contribution in [0.3, 0.4) is 0 Å². The average Bonchev–Trinajstić information content (AvgIpc) is 2.68. The highest BCUT2D eigenvalue weighted by Crippen LogP contribution is 2.32. The summed E-state index contributed by atoms with van der Waals surface area (Å²) in [6.45, 7) is 1.40. The highest BCUT2D eigenvalue weighted by Gasteiger charge is 2.24. The van der Waals surface area contributed by atoms with Crippen molar-refractivity contribution in [2.45, 2.75) is 19.6 Å². The Morgan fingerprint density at radius 3 is 2.59 bits per heavy atom. The van der Waals surface area contributed by atoms with Gasteiger partial charge in [0, 0.05) is 11.8 Å². The third kappa shape index (κ3) is 4.09. The Kier molecular flexibility index (Phi) is 5.42. The topological polar surface area (TPSA) is 105 Å². The van der Waals surface area contributed by atoms with Gasteiger partial charge in [-0.15, -0.1) is 0 Å². The zero-order valence-electron chi connectivity index (χ0n) is 15.0. The molecule has 1 aromatic carbocycles. The van der Waals surface area contributed by atoms with Gasteiger partial charge in [-0.3, -0.25) is 4.79 Å². The lowest BCUT2D eigenvalue weighted by Crippen LogP contribution is -2.17. The van der Waals surface area contributed by atoms with Crippen LogP contribution in [0.5, 0.6) is 11.5 Å². The van der Waals surface area contributed by atoms with Crippen LogP contribution in [0.25, 0.3) is 0 Å². The van der Waals surface area contributed by atoms with E-state index in [9.17, 15) is 15.0 Å². The van der Waals surface area contributed by atoms with E-state index >= 15 is 0 Å². The molecule has 0 saturated carbocycles.